The smallest absolute Gasteiger partial charge is 0.307 e. The first-order chi connectivity index (χ1) is 13.9. The van der Waals surface area contributed by atoms with Crippen LogP contribution in [0.3, 0.4) is 0 Å². The van der Waals surface area contributed by atoms with Gasteiger partial charge in [0, 0.05) is 10.7 Å². The van der Waals surface area contributed by atoms with Crippen molar-refractivity contribution in [3.8, 4) is 0 Å². The molecular weight excluding hydrogens is 412 g/mol. The topological polar surface area (TPSA) is 95.5 Å². The van der Waals surface area contributed by atoms with E-state index >= 15 is 0 Å². The molecule has 2 bridgehead atoms. The van der Waals surface area contributed by atoms with E-state index in [9.17, 15) is 19.5 Å². The van der Waals surface area contributed by atoms with Crippen molar-refractivity contribution >= 4 is 51.4 Å². The third-order valence-corrected chi connectivity index (χ3v) is 7.08. The average Bonchev–Trinajstić information content (AvgIpc) is 3.25. The van der Waals surface area contributed by atoms with E-state index in [4.69, 9.17) is 11.6 Å². The Bertz CT molecular complexity index is 942. The van der Waals surface area contributed by atoms with Crippen molar-refractivity contribution < 1.29 is 19.5 Å². The van der Waals surface area contributed by atoms with Gasteiger partial charge in [-0.3, -0.25) is 14.4 Å². The molecule has 6 nitrogen and oxygen atoms in total. The Labute approximate surface area is 177 Å². The van der Waals surface area contributed by atoms with Crippen LogP contribution in [-0.2, 0) is 9.59 Å². The number of carbonyl (C=O) groups excluding carboxylic acids is 2. The maximum atomic E-state index is 13.0. The molecule has 2 aromatic rings. The summed E-state index contributed by atoms with van der Waals surface area (Å²) < 4.78 is 0. The molecule has 8 heteroatoms. The number of anilines is 2. The highest BCUT2D eigenvalue weighted by Crippen LogP contribution is 2.50. The number of rotatable bonds is 5. The van der Waals surface area contributed by atoms with Crippen LogP contribution in [0.2, 0.25) is 5.02 Å². The maximum Gasteiger partial charge on any atom is 0.307 e. The molecule has 2 aliphatic rings. The second-order valence-electron chi connectivity index (χ2n) is 7.69. The molecule has 0 saturated heterocycles. The van der Waals surface area contributed by atoms with Crippen molar-refractivity contribution in [3.05, 3.63) is 46.3 Å². The van der Waals surface area contributed by atoms with Crippen LogP contribution in [0.4, 0.5) is 10.7 Å². The molecule has 4 rings (SSSR count). The molecule has 0 spiro atoms. The van der Waals surface area contributed by atoms with Gasteiger partial charge in [0.05, 0.1) is 17.4 Å². The predicted molar refractivity (Wildman–Crippen MR) is 112 cm³/mol. The molecule has 152 valence electrons. The van der Waals surface area contributed by atoms with Crippen LogP contribution in [-0.4, -0.2) is 22.9 Å². The summed E-state index contributed by atoms with van der Waals surface area (Å²) in [6, 6.07) is 8.39. The molecule has 1 aromatic heterocycles. The lowest BCUT2D eigenvalue weighted by molar-refractivity contribution is -0.147. The van der Waals surface area contributed by atoms with Crippen molar-refractivity contribution in [1.29, 1.82) is 0 Å². The highest BCUT2D eigenvalue weighted by molar-refractivity contribution is 7.14. The van der Waals surface area contributed by atoms with Crippen LogP contribution in [0.15, 0.2) is 35.7 Å². The van der Waals surface area contributed by atoms with Crippen LogP contribution < -0.4 is 10.6 Å². The van der Waals surface area contributed by atoms with Gasteiger partial charge in [0.1, 0.15) is 5.00 Å². The predicted octanol–water partition coefficient (Wildman–Crippen LogP) is 4.73. The lowest BCUT2D eigenvalue weighted by Crippen LogP contribution is -2.34. The van der Waals surface area contributed by atoms with Crippen molar-refractivity contribution in [2.75, 3.05) is 10.6 Å². The SMILES string of the molecule is O=C(Nc1ccc(Cl)cc1)c1ccsc1NC(=O)C1C2CCCC(C2)C1C(=O)O. The highest BCUT2D eigenvalue weighted by Gasteiger charge is 2.52. The number of amides is 2. The first kappa shape index (κ1) is 19.9. The number of thiophene rings is 1. The normalized spacial score (nSPS) is 25.4. The first-order valence-electron chi connectivity index (χ1n) is 9.62. The molecule has 0 aliphatic heterocycles. The highest BCUT2D eigenvalue weighted by atomic mass is 35.5. The van der Waals surface area contributed by atoms with Gasteiger partial charge in [-0.1, -0.05) is 18.0 Å². The van der Waals surface area contributed by atoms with Crippen molar-refractivity contribution in [1.82, 2.24) is 0 Å². The number of benzene rings is 1. The van der Waals surface area contributed by atoms with Gasteiger partial charge < -0.3 is 15.7 Å². The van der Waals surface area contributed by atoms with Gasteiger partial charge in [-0.2, -0.15) is 0 Å². The second-order valence-corrected chi connectivity index (χ2v) is 9.04. The minimum Gasteiger partial charge on any atom is -0.481 e. The molecule has 4 unspecified atom stereocenters. The number of halogens is 1. The Morgan fingerprint density at radius 1 is 1.00 bits per heavy atom. The fourth-order valence-electron chi connectivity index (χ4n) is 4.75. The fraction of sp³-hybridized carbons (Fsp3) is 0.381. The van der Waals surface area contributed by atoms with Gasteiger partial charge in [0.2, 0.25) is 5.91 Å². The first-order valence-corrected chi connectivity index (χ1v) is 10.9. The van der Waals surface area contributed by atoms with Gasteiger partial charge in [-0.15, -0.1) is 11.3 Å². The maximum absolute atomic E-state index is 13.0. The van der Waals surface area contributed by atoms with Crippen LogP contribution in [0, 0.1) is 23.7 Å². The molecule has 1 aromatic carbocycles. The molecular formula is C21H21ClN2O4S. The standard InChI is InChI=1S/C21H21ClN2O4S/c22-13-4-6-14(7-5-13)23-18(25)15-8-9-29-20(15)24-19(26)16-11-2-1-3-12(10-11)17(16)21(27)28/h4-9,11-12,16-17H,1-3,10H2,(H,23,25)(H,24,26)(H,27,28). The van der Waals surface area contributed by atoms with Crippen LogP contribution in [0.5, 0.6) is 0 Å². The average molecular weight is 433 g/mol. The second kappa shape index (κ2) is 8.16. The summed E-state index contributed by atoms with van der Waals surface area (Å²) in [5.74, 6) is -2.56. The van der Waals surface area contributed by atoms with E-state index in [1.807, 2.05) is 0 Å². The van der Waals surface area contributed by atoms with Gasteiger partial charge in [-0.05, 0) is 66.8 Å². The van der Waals surface area contributed by atoms with Crippen molar-refractivity contribution in [3.63, 3.8) is 0 Å². The van der Waals surface area contributed by atoms with E-state index in [-0.39, 0.29) is 23.7 Å². The minimum absolute atomic E-state index is 0.0676. The van der Waals surface area contributed by atoms with Gasteiger partial charge >= 0.3 is 5.97 Å². The number of fused-ring (bicyclic) bond motifs is 2. The van der Waals surface area contributed by atoms with Gasteiger partial charge in [0.25, 0.3) is 5.91 Å². The monoisotopic (exact) mass is 432 g/mol. The Kier molecular flexibility index (Phi) is 5.61. The van der Waals surface area contributed by atoms with Gasteiger partial charge in [-0.25, -0.2) is 0 Å². The van der Waals surface area contributed by atoms with E-state index in [1.54, 1.807) is 35.7 Å². The number of hydrogen-bond donors (Lipinski definition) is 3. The largest absolute Gasteiger partial charge is 0.481 e. The van der Waals surface area contributed by atoms with E-state index < -0.39 is 17.8 Å². The van der Waals surface area contributed by atoms with Crippen LogP contribution in [0.25, 0.3) is 0 Å². The number of aliphatic carboxylic acids is 1. The number of hydrogen-bond acceptors (Lipinski definition) is 4. The van der Waals surface area contributed by atoms with E-state index in [0.717, 1.165) is 25.7 Å². The Hall–Kier alpha value is -2.38. The quantitative estimate of drug-likeness (QED) is 0.636. The molecule has 2 amide bonds. The number of carbonyl (C=O) groups is 3. The number of nitrogens with one attached hydrogen (secondary N) is 2. The zero-order valence-electron chi connectivity index (χ0n) is 15.6. The summed E-state index contributed by atoms with van der Waals surface area (Å²) >= 11 is 7.12. The molecule has 3 N–H and O–H groups in total. The summed E-state index contributed by atoms with van der Waals surface area (Å²) in [4.78, 5) is 37.5. The molecule has 0 radical (unpaired) electrons. The van der Waals surface area contributed by atoms with Crippen LogP contribution in [0.1, 0.15) is 36.0 Å². The fourth-order valence-corrected chi connectivity index (χ4v) is 5.66. The lowest BCUT2D eigenvalue weighted by atomic mass is 9.87. The summed E-state index contributed by atoms with van der Waals surface area (Å²) in [6.45, 7) is 0. The van der Waals surface area contributed by atoms with Crippen molar-refractivity contribution in [2.45, 2.75) is 25.7 Å². The molecule has 2 saturated carbocycles. The third kappa shape index (κ3) is 4.02. The van der Waals surface area contributed by atoms with E-state index in [2.05, 4.69) is 10.6 Å². The van der Waals surface area contributed by atoms with Crippen molar-refractivity contribution in [2.24, 2.45) is 23.7 Å². The zero-order chi connectivity index (χ0) is 20.5. The van der Waals surface area contributed by atoms with E-state index in [0.29, 0.717) is 21.3 Å². The third-order valence-electron chi connectivity index (χ3n) is 5.99. The summed E-state index contributed by atoms with van der Waals surface area (Å²) in [7, 11) is 0. The molecule has 29 heavy (non-hydrogen) atoms. The molecule has 2 fully saturated rings. The Balaban J connectivity index is 1.49. The summed E-state index contributed by atoms with van der Waals surface area (Å²) in [6.07, 6.45) is 3.51. The lowest BCUT2D eigenvalue weighted by Gasteiger charge is -2.21. The molecule has 2 aliphatic carbocycles. The van der Waals surface area contributed by atoms with E-state index in [1.165, 1.54) is 11.3 Å². The Morgan fingerprint density at radius 2 is 1.69 bits per heavy atom. The molecule has 4 atom stereocenters. The van der Waals surface area contributed by atoms with Gasteiger partial charge in [0.15, 0.2) is 0 Å². The summed E-state index contributed by atoms with van der Waals surface area (Å²) in [5, 5.41) is 18.0. The molecule has 1 heterocycles. The van der Waals surface area contributed by atoms with Crippen LogP contribution >= 0.6 is 22.9 Å². The minimum atomic E-state index is -0.897. The Morgan fingerprint density at radius 3 is 2.38 bits per heavy atom. The number of carboxylic acid groups (broad SMARTS) is 1. The number of carboxylic acids is 1. The summed E-state index contributed by atoms with van der Waals surface area (Å²) in [5.41, 5.74) is 0.949. The zero-order valence-corrected chi connectivity index (χ0v) is 17.1.